The van der Waals surface area contributed by atoms with Crippen molar-refractivity contribution in [2.24, 2.45) is 5.92 Å². The first-order valence-electron chi connectivity index (χ1n) is 21.4. The average Bonchev–Trinajstić information content (AvgIpc) is 4.05. The smallest absolute Gasteiger partial charge is 0.264 e. The number of anilines is 2. The number of amides is 2. The molecule has 9 rings (SSSR count). The highest BCUT2D eigenvalue weighted by Crippen LogP contribution is 2.60. The Labute approximate surface area is 376 Å². The number of aromatic amines is 1. The van der Waals surface area contributed by atoms with Crippen LogP contribution in [-0.2, 0) is 39.4 Å². The molecule has 5 atom stereocenters. The number of para-hydroxylation sites is 1. The van der Waals surface area contributed by atoms with Gasteiger partial charge in [-0.1, -0.05) is 119 Å². The number of halogens is 1. The van der Waals surface area contributed by atoms with Crippen LogP contribution in [0.15, 0.2) is 138 Å². The summed E-state index contributed by atoms with van der Waals surface area (Å²) < 4.78 is 15.6. The predicted molar refractivity (Wildman–Crippen MR) is 252 cm³/mol. The van der Waals surface area contributed by atoms with Crippen molar-refractivity contribution in [1.29, 1.82) is 0 Å². The van der Waals surface area contributed by atoms with E-state index in [-0.39, 0.29) is 48.3 Å². The number of H-pyrrole nitrogens is 1. The Morgan fingerprint density at radius 1 is 1.00 bits per heavy atom. The fraction of sp³-hybridized carbons (Fsp3) is 0.280. The minimum Gasteiger partial charge on any atom is -0.497 e. The van der Waals surface area contributed by atoms with Crippen LogP contribution in [0.3, 0.4) is 0 Å². The molecule has 13 heteroatoms. The lowest BCUT2D eigenvalue weighted by atomic mass is 9.82. The molecule has 0 bridgehead atoms. The molecule has 7 aromatic rings. The number of aliphatic hydroxyl groups is 1. The van der Waals surface area contributed by atoms with Crippen LogP contribution in [0.5, 0.6) is 5.75 Å². The van der Waals surface area contributed by atoms with Gasteiger partial charge >= 0.3 is 0 Å². The molecule has 2 aliphatic heterocycles. The van der Waals surface area contributed by atoms with Gasteiger partial charge in [-0.15, -0.1) is 5.10 Å². The lowest BCUT2D eigenvalue weighted by molar-refractivity contribution is -0.146. The van der Waals surface area contributed by atoms with Crippen molar-refractivity contribution in [3.63, 3.8) is 0 Å². The van der Waals surface area contributed by atoms with E-state index in [0.29, 0.717) is 30.9 Å². The standard InChI is InChI=1S/C50H51BrN6O5Si/c1-32-48(63(3,4)39-20-18-38(61-2)19-21-39)46(23-24-56-30-44(54-55-56)41(31-58)34-12-6-5-7-13-34)62-50(32)42-27-36(51)17-22-45(42)57(49(50)60)29-33-11-10-14-37(25-33)53-47(59)26-35-28-52-43-16-9-8-15-40(35)43/h5-22,25,27-28,30,32,41,46,48,52,58H,23-24,26,29,31H2,1-4H3,(H,53,59)/t32-,41?,46+,48-,50+/m1/s1. The number of fused-ring (bicyclic) bond motifs is 3. The first-order valence-corrected chi connectivity index (χ1v) is 25.3. The number of carbonyl (C=O) groups is 2. The number of aliphatic hydroxyl groups excluding tert-OH is 1. The summed E-state index contributed by atoms with van der Waals surface area (Å²) in [6.45, 7) is 7.67. The van der Waals surface area contributed by atoms with E-state index in [2.05, 4.69) is 74.8 Å². The number of rotatable bonds is 14. The fourth-order valence-electron chi connectivity index (χ4n) is 10.2. The third-order valence-electron chi connectivity index (χ3n) is 13.3. The van der Waals surface area contributed by atoms with Crippen molar-refractivity contribution in [1.82, 2.24) is 20.0 Å². The molecule has 0 saturated carbocycles. The molecular formula is C50H51BrN6O5Si. The van der Waals surface area contributed by atoms with Gasteiger partial charge < -0.3 is 29.8 Å². The van der Waals surface area contributed by atoms with Crippen molar-refractivity contribution in [2.45, 2.75) is 69.1 Å². The molecule has 2 amide bonds. The van der Waals surface area contributed by atoms with Crippen LogP contribution in [0.2, 0.25) is 18.6 Å². The maximum atomic E-state index is 15.5. The van der Waals surface area contributed by atoms with Crippen LogP contribution in [0.25, 0.3) is 10.9 Å². The molecule has 1 unspecified atom stereocenters. The second-order valence-corrected chi connectivity index (χ2v) is 22.9. The number of aromatic nitrogens is 4. The van der Waals surface area contributed by atoms with Gasteiger partial charge in [0.05, 0.1) is 58.2 Å². The summed E-state index contributed by atoms with van der Waals surface area (Å²) in [5, 5.41) is 24.7. The normalized spacial score (nSPS) is 20.1. The van der Waals surface area contributed by atoms with Crippen molar-refractivity contribution in [2.75, 3.05) is 23.9 Å². The molecule has 4 heterocycles. The van der Waals surface area contributed by atoms with Crippen molar-refractivity contribution in [3.8, 4) is 5.75 Å². The largest absolute Gasteiger partial charge is 0.497 e. The monoisotopic (exact) mass is 922 g/mol. The van der Waals surface area contributed by atoms with Gasteiger partial charge in [0, 0.05) is 51.5 Å². The van der Waals surface area contributed by atoms with E-state index in [4.69, 9.17) is 9.47 Å². The van der Waals surface area contributed by atoms with Gasteiger partial charge in [-0.05, 0) is 77.2 Å². The van der Waals surface area contributed by atoms with E-state index in [1.165, 1.54) is 5.19 Å². The number of ether oxygens (including phenoxy) is 2. The molecule has 3 N–H and O–H groups in total. The quantitative estimate of drug-likeness (QED) is 0.0930. The van der Waals surface area contributed by atoms with Gasteiger partial charge in [0.25, 0.3) is 5.91 Å². The summed E-state index contributed by atoms with van der Waals surface area (Å²) in [5.41, 5.74) is 5.57. The fourth-order valence-corrected chi connectivity index (χ4v) is 14.6. The van der Waals surface area contributed by atoms with Crippen LogP contribution < -0.4 is 20.1 Å². The second-order valence-electron chi connectivity index (χ2n) is 17.3. The summed E-state index contributed by atoms with van der Waals surface area (Å²) in [7, 11) is -0.734. The summed E-state index contributed by atoms with van der Waals surface area (Å²) >= 11 is 3.74. The lowest BCUT2D eigenvalue weighted by Crippen LogP contribution is -2.51. The zero-order valence-electron chi connectivity index (χ0n) is 35.8. The van der Waals surface area contributed by atoms with Crippen molar-refractivity contribution < 1.29 is 24.2 Å². The van der Waals surface area contributed by atoms with Crippen LogP contribution >= 0.6 is 15.9 Å². The maximum Gasteiger partial charge on any atom is 0.264 e. The first kappa shape index (κ1) is 42.4. The Hall–Kier alpha value is -5.86. The Morgan fingerprint density at radius 2 is 1.78 bits per heavy atom. The number of carbonyl (C=O) groups excluding carboxylic acids is 2. The van der Waals surface area contributed by atoms with E-state index in [9.17, 15) is 9.90 Å². The number of nitrogens with zero attached hydrogens (tertiary/aromatic N) is 4. The van der Waals surface area contributed by atoms with Gasteiger partial charge in [-0.2, -0.15) is 0 Å². The van der Waals surface area contributed by atoms with Gasteiger partial charge in [0.15, 0.2) is 5.60 Å². The Kier molecular flexibility index (Phi) is 11.7. The number of methoxy groups -OCH3 is 1. The van der Waals surface area contributed by atoms with E-state index in [1.54, 1.807) is 7.11 Å². The summed E-state index contributed by atoms with van der Waals surface area (Å²) in [6, 6.07) is 39.9. The van der Waals surface area contributed by atoms with E-state index in [0.717, 1.165) is 49.1 Å². The third kappa shape index (κ3) is 7.92. The van der Waals surface area contributed by atoms with Gasteiger partial charge in [-0.3, -0.25) is 14.3 Å². The minimum absolute atomic E-state index is 0.0230. The predicted octanol–water partition coefficient (Wildman–Crippen LogP) is 8.69. The number of nitrogens with one attached hydrogen (secondary N) is 2. The molecule has 63 heavy (non-hydrogen) atoms. The molecule has 11 nitrogen and oxygen atoms in total. The zero-order valence-corrected chi connectivity index (χ0v) is 38.4. The van der Waals surface area contributed by atoms with Gasteiger partial charge in [0.2, 0.25) is 5.91 Å². The van der Waals surface area contributed by atoms with E-state index >= 15 is 4.79 Å². The average molecular weight is 924 g/mol. The summed E-state index contributed by atoms with van der Waals surface area (Å²) in [5.74, 6) is 0.0862. The number of benzene rings is 5. The molecule has 322 valence electrons. The minimum atomic E-state index is -2.41. The molecule has 1 saturated heterocycles. The Bertz CT molecular complexity index is 2780. The highest BCUT2D eigenvalue weighted by Gasteiger charge is 2.66. The topological polar surface area (TPSA) is 135 Å². The third-order valence-corrected chi connectivity index (χ3v) is 18.2. The molecule has 0 aliphatic carbocycles. The maximum absolute atomic E-state index is 15.5. The Balaban J connectivity index is 1.01. The van der Waals surface area contributed by atoms with E-state index < -0.39 is 13.7 Å². The van der Waals surface area contributed by atoms with Crippen LogP contribution in [0.4, 0.5) is 11.4 Å². The molecule has 2 aliphatic rings. The van der Waals surface area contributed by atoms with Crippen LogP contribution in [0, 0.1) is 5.92 Å². The lowest BCUT2D eigenvalue weighted by Gasteiger charge is -2.37. The molecular weight excluding hydrogens is 873 g/mol. The zero-order chi connectivity index (χ0) is 43.9. The number of hydrogen-bond donors (Lipinski definition) is 3. The number of hydrogen-bond acceptors (Lipinski definition) is 7. The first-order chi connectivity index (χ1) is 30.5. The van der Waals surface area contributed by atoms with Crippen LogP contribution in [-0.4, -0.2) is 64.8 Å². The highest BCUT2D eigenvalue weighted by atomic mass is 79.9. The SMILES string of the molecule is COc1ccc([Si](C)(C)[C@H]2[C@H](CCn3cc(C(CO)c4ccccc4)nn3)O[C@@]3(C(=O)N(Cc4cccc(NC(=O)Cc5c[nH]c6ccccc56)c4)c4ccc(Br)cc43)[C@@H]2C)cc1. The second kappa shape index (κ2) is 17.4. The molecule has 0 radical (unpaired) electrons. The molecule has 2 aromatic heterocycles. The molecule has 1 spiro atoms. The summed E-state index contributed by atoms with van der Waals surface area (Å²) in [4.78, 5) is 33.9. The van der Waals surface area contributed by atoms with Gasteiger partial charge in [-0.25, -0.2) is 0 Å². The van der Waals surface area contributed by atoms with Gasteiger partial charge in [0.1, 0.15) is 5.75 Å². The highest BCUT2D eigenvalue weighted by molar-refractivity contribution is 9.10. The van der Waals surface area contributed by atoms with Crippen molar-refractivity contribution in [3.05, 3.63) is 166 Å². The van der Waals surface area contributed by atoms with Crippen LogP contribution in [0.1, 0.15) is 47.2 Å². The molecule has 5 aromatic carbocycles. The van der Waals surface area contributed by atoms with E-state index in [1.807, 2.05) is 125 Å². The summed E-state index contributed by atoms with van der Waals surface area (Å²) in [6.07, 6.45) is 4.32. The number of aryl methyl sites for hydroxylation is 1. The Morgan fingerprint density at radius 3 is 2.56 bits per heavy atom. The van der Waals surface area contributed by atoms with Crippen molar-refractivity contribution >= 4 is 63.3 Å². The molecule has 1 fully saturated rings.